The maximum atomic E-state index is 11.8. The molecule has 10 nitrogen and oxygen atoms in total. The minimum Gasteiger partial charge on any atom is -0.355 e. The van der Waals surface area contributed by atoms with E-state index in [0.717, 1.165) is 0 Å². The van der Waals surface area contributed by atoms with Crippen molar-refractivity contribution in [2.24, 2.45) is 11.5 Å². The fourth-order valence-electron chi connectivity index (χ4n) is 2.44. The van der Waals surface area contributed by atoms with Crippen molar-refractivity contribution in [1.82, 2.24) is 29.7 Å². The number of carbonyl (C=O) groups is 2. The van der Waals surface area contributed by atoms with E-state index in [4.69, 9.17) is 11.5 Å². The van der Waals surface area contributed by atoms with Gasteiger partial charge < -0.3 is 31.2 Å². The first-order chi connectivity index (χ1) is 12.7. The summed E-state index contributed by atoms with van der Waals surface area (Å²) >= 11 is 0. The van der Waals surface area contributed by atoms with Gasteiger partial charge in [0, 0.05) is 76.9 Å². The first-order valence-corrected chi connectivity index (χ1v) is 8.62. The molecule has 0 radical (unpaired) electrons. The third-order valence-corrected chi connectivity index (χ3v) is 3.72. The minimum atomic E-state index is -0.0602. The average Bonchev–Trinajstić information content (AvgIpc) is 3.29. The Balaban J connectivity index is 1.97. The Morgan fingerprint density at radius 3 is 1.65 bits per heavy atom. The van der Waals surface area contributed by atoms with E-state index in [1.165, 1.54) is 0 Å². The highest BCUT2D eigenvalue weighted by Gasteiger charge is 2.14. The van der Waals surface area contributed by atoms with Gasteiger partial charge in [0.25, 0.3) is 0 Å². The predicted molar refractivity (Wildman–Crippen MR) is 96.8 cm³/mol. The maximum Gasteiger partial charge on any atom is 0.221 e. The van der Waals surface area contributed by atoms with Crippen molar-refractivity contribution in [3.63, 3.8) is 0 Å². The van der Waals surface area contributed by atoms with Crippen molar-refractivity contribution < 1.29 is 9.59 Å². The van der Waals surface area contributed by atoms with Crippen LogP contribution in [0.3, 0.4) is 0 Å². The minimum absolute atomic E-state index is 0.0602. The summed E-state index contributed by atoms with van der Waals surface area (Å²) < 4.78 is 3.74. The molecule has 0 aliphatic rings. The fourth-order valence-corrected chi connectivity index (χ4v) is 2.44. The summed E-state index contributed by atoms with van der Waals surface area (Å²) in [5.74, 6) is 1.19. The first-order valence-electron chi connectivity index (χ1n) is 8.62. The molecule has 2 aromatic heterocycles. The summed E-state index contributed by atoms with van der Waals surface area (Å²) in [6.45, 7) is 2.72. The molecule has 2 rings (SSSR count). The summed E-state index contributed by atoms with van der Waals surface area (Å²) in [6, 6.07) is 0. The monoisotopic (exact) mass is 362 g/mol. The first kappa shape index (κ1) is 19.6. The molecule has 0 aliphatic heterocycles. The van der Waals surface area contributed by atoms with Gasteiger partial charge in [0.1, 0.15) is 0 Å². The number of aryl methyl sites for hydroxylation is 2. The van der Waals surface area contributed by atoms with E-state index >= 15 is 0 Å². The third-order valence-electron chi connectivity index (χ3n) is 3.72. The molecule has 0 saturated heterocycles. The Morgan fingerprint density at radius 2 is 1.27 bits per heavy atom. The SMILES string of the molecule is NCCNC(=O)CCn1ccnc1-c1nccn1CCC(=O)NCCN. The molecule has 0 atom stereocenters. The summed E-state index contributed by atoms with van der Waals surface area (Å²) in [5.41, 5.74) is 10.7. The number of aromatic nitrogens is 4. The molecule has 0 unspecified atom stereocenters. The van der Waals surface area contributed by atoms with Gasteiger partial charge in [-0.3, -0.25) is 9.59 Å². The molecule has 10 heteroatoms. The maximum absolute atomic E-state index is 11.8. The fraction of sp³-hybridized carbons (Fsp3) is 0.500. The zero-order chi connectivity index (χ0) is 18.8. The van der Waals surface area contributed by atoms with Crippen molar-refractivity contribution in [2.45, 2.75) is 25.9 Å². The van der Waals surface area contributed by atoms with E-state index in [-0.39, 0.29) is 11.8 Å². The molecule has 2 amide bonds. The Kier molecular flexibility index (Phi) is 7.77. The van der Waals surface area contributed by atoms with Gasteiger partial charge in [0.2, 0.25) is 11.8 Å². The zero-order valence-electron chi connectivity index (χ0n) is 14.7. The second kappa shape index (κ2) is 10.3. The third kappa shape index (κ3) is 5.67. The van der Waals surface area contributed by atoms with Gasteiger partial charge in [-0.2, -0.15) is 0 Å². The van der Waals surface area contributed by atoms with Gasteiger partial charge in [0.05, 0.1) is 0 Å². The lowest BCUT2D eigenvalue weighted by Gasteiger charge is -2.10. The molecule has 0 aromatic carbocycles. The van der Waals surface area contributed by atoms with Gasteiger partial charge in [-0.15, -0.1) is 0 Å². The number of nitrogens with two attached hydrogens (primary N) is 2. The molecule has 0 fully saturated rings. The topological polar surface area (TPSA) is 146 Å². The van der Waals surface area contributed by atoms with E-state index in [1.54, 1.807) is 24.8 Å². The largest absolute Gasteiger partial charge is 0.355 e. The van der Waals surface area contributed by atoms with Crippen LogP contribution in [0.2, 0.25) is 0 Å². The second-order valence-corrected chi connectivity index (χ2v) is 5.67. The molecule has 0 saturated carbocycles. The molecule has 142 valence electrons. The number of carbonyl (C=O) groups excluding carboxylic acids is 2. The van der Waals surface area contributed by atoms with Crippen LogP contribution in [0.4, 0.5) is 0 Å². The molecule has 2 heterocycles. The summed E-state index contributed by atoms with van der Waals surface area (Å²) in [4.78, 5) is 32.2. The molecule has 6 N–H and O–H groups in total. The van der Waals surface area contributed by atoms with Crippen molar-refractivity contribution in [1.29, 1.82) is 0 Å². The average molecular weight is 362 g/mol. The lowest BCUT2D eigenvalue weighted by atomic mass is 10.3. The normalized spacial score (nSPS) is 10.7. The van der Waals surface area contributed by atoms with Gasteiger partial charge in [0.15, 0.2) is 11.6 Å². The highest BCUT2D eigenvalue weighted by Crippen LogP contribution is 2.16. The molecule has 2 aromatic rings. The number of nitrogens with zero attached hydrogens (tertiary/aromatic N) is 4. The van der Waals surface area contributed by atoms with Gasteiger partial charge in [-0.05, 0) is 0 Å². The Bertz CT molecular complexity index is 648. The summed E-state index contributed by atoms with van der Waals surface area (Å²) in [5, 5.41) is 5.48. The Hall–Kier alpha value is -2.72. The number of imidazole rings is 2. The predicted octanol–water partition coefficient (Wildman–Crippen LogP) is -1.32. The number of nitrogens with one attached hydrogen (secondary N) is 2. The van der Waals surface area contributed by atoms with E-state index in [0.29, 0.717) is 63.8 Å². The molecular formula is C16H26N8O2. The van der Waals surface area contributed by atoms with Crippen LogP contribution in [-0.2, 0) is 22.7 Å². The molecule has 26 heavy (non-hydrogen) atoms. The van der Waals surface area contributed by atoms with Crippen molar-refractivity contribution >= 4 is 11.8 Å². The Morgan fingerprint density at radius 1 is 0.846 bits per heavy atom. The highest BCUT2D eigenvalue weighted by molar-refractivity contribution is 5.76. The zero-order valence-corrected chi connectivity index (χ0v) is 14.7. The second-order valence-electron chi connectivity index (χ2n) is 5.67. The molecule has 0 spiro atoms. The summed E-state index contributed by atoms with van der Waals surface area (Å²) in [6.07, 6.45) is 7.59. The van der Waals surface area contributed by atoms with Crippen molar-refractivity contribution in [3.05, 3.63) is 24.8 Å². The quantitative estimate of drug-likeness (QED) is 0.390. The van der Waals surface area contributed by atoms with Crippen LogP contribution in [0.15, 0.2) is 24.8 Å². The van der Waals surface area contributed by atoms with Crippen LogP contribution in [0.1, 0.15) is 12.8 Å². The number of rotatable bonds is 11. The van der Waals surface area contributed by atoms with Gasteiger partial charge >= 0.3 is 0 Å². The van der Waals surface area contributed by atoms with Crippen LogP contribution in [0, 0.1) is 0 Å². The lowest BCUT2D eigenvalue weighted by Crippen LogP contribution is -2.29. The number of hydrogen-bond acceptors (Lipinski definition) is 6. The Labute approximate surface area is 152 Å². The van der Waals surface area contributed by atoms with Crippen LogP contribution >= 0.6 is 0 Å². The summed E-state index contributed by atoms with van der Waals surface area (Å²) in [7, 11) is 0. The van der Waals surface area contributed by atoms with Crippen LogP contribution in [-0.4, -0.2) is 57.1 Å². The molecule has 0 bridgehead atoms. The smallest absolute Gasteiger partial charge is 0.221 e. The van der Waals surface area contributed by atoms with E-state index in [2.05, 4.69) is 20.6 Å². The van der Waals surface area contributed by atoms with Crippen LogP contribution in [0.5, 0.6) is 0 Å². The molecule has 0 aliphatic carbocycles. The van der Waals surface area contributed by atoms with Crippen molar-refractivity contribution in [3.8, 4) is 11.6 Å². The van der Waals surface area contributed by atoms with Crippen molar-refractivity contribution in [2.75, 3.05) is 26.2 Å². The molecular weight excluding hydrogens is 336 g/mol. The van der Waals surface area contributed by atoms with Crippen LogP contribution in [0.25, 0.3) is 11.6 Å². The van der Waals surface area contributed by atoms with E-state index in [9.17, 15) is 9.59 Å². The van der Waals surface area contributed by atoms with Crippen LogP contribution < -0.4 is 22.1 Å². The number of hydrogen-bond donors (Lipinski definition) is 4. The highest BCUT2D eigenvalue weighted by atomic mass is 16.2. The lowest BCUT2D eigenvalue weighted by molar-refractivity contribution is -0.122. The number of amides is 2. The standard InChI is InChI=1S/C16H26N8O2/c17-3-5-19-13(25)1-9-23-11-7-21-15(23)16-22-8-12-24(16)10-2-14(26)20-6-4-18/h7-8,11-12H,1-6,9-10,17-18H2,(H,19,25)(H,20,26). The van der Waals surface area contributed by atoms with Gasteiger partial charge in [-0.25, -0.2) is 9.97 Å². The van der Waals surface area contributed by atoms with E-state index < -0.39 is 0 Å². The van der Waals surface area contributed by atoms with Gasteiger partial charge in [-0.1, -0.05) is 0 Å². The van der Waals surface area contributed by atoms with E-state index in [1.807, 2.05) is 9.13 Å².